The molecule has 13 N–H and O–H groups in total. The Labute approximate surface area is 275 Å². The Morgan fingerprint density at radius 3 is 1.96 bits per heavy atom. The number of Topliss-reactive ketones (excluding diaryl/α,β-unsaturated/α-hetero) is 2. The average Bonchev–Trinajstić information content (AvgIpc) is 2.99. The first kappa shape index (κ1) is 37.9. The van der Waals surface area contributed by atoms with Gasteiger partial charge in [0, 0.05) is 43.3 Å². The fourth-order valence-electron chi connectivity index (χ4n) is 5.01. The summed E-state index contributed by atoms with van der Waals surface area (Å²) < 4.78 is 0. The van der Waals surface area contributed by atoms with Gasteiger partial charge < -0.3 is 44.1 Å². The van der Waals surface area contributed by atoms with Crippen molar-refractivity contribution in [2.24, 2.45) is 56.4 Å². The van der Waals surface area contributed by atoms with Gasteiger partial charge in [-0.25, -0.2) is 4.99 Å². The molecular formula is C33H48N10O4. The lowest BCUT2D eigenvalue weighted by molar-refractivity contribution is -0.134. The van der Waals surface area contributed by atoms with Gasteiger partial charge in [-0.3, -0.25) is 24.8 Å². The number of ketones is 2. The van der Waals surface area contributed by atoms with E-state index in [1.165, 1.54) is 6.92 Å². The second-order valence-electron chi connectivity index (χ2n) is 11.9. The van der Waals surface area contributed by atoms with Crippen LogP contribution in [0.4, 0.5) is 5.69 Å². The fraction of sp³-hybridized carbons (Fsp3) is 0.424. The molecule has 0 heterocycles. The lowest BCUT2D eigenvalue weighted by Crippen LogP contribution is -2.48. The van der Waals surface area contributed by atoms with Gasteiger partial charge in [-0.15, -0.1) is 0 Å². The summed E-state index contributed by atoms with van der Waals surface area (Å²) in [4.78, 5) is 60.6. The van der Waals surface area contributed by atoms with Gasteiger partial charge in [0.15, 0.2) is 17.7 Å². The summed E-state index contributed by atoms with van der Waals surface area (Å²) in [6.45, 7) is 5.53. The zero-order valence-electron chi connectivity index (χ0n) is 27.3. The Morgan fingerprint density at radius 2 is 1.43 bits per heavy atom. The van der Waals surface area contributed by atoms with Crippen LogP contribution in [0.3, 0.4) is 0 Å². The number of hydrogen-bond acceptors (Lipinski definition) is 7. The third-order valence-electron chi connectivity index (χ3n) is 7.45. The number of benzene rings is 2. The van der Waals surface area contributed by atoms with Crippen LogP contribution in [0.2, 0.25) is 0 Å². The van der Waals surface area contributed by atoms with Crippen LogP contribution < -0.4 is 39.3 Å². The van der Waals surface area contributed by atoms with E-state index in [1.54, 1.807) is 48.5 Å². The van der Waals surface area contributed by atoms with Crippen LogP contribution in [0.15, 0.2) is 58.5 Å². The summed E-state index contributed by atoms with van der Waals surface area (Å²) in [6.07, 6.45) is 0.941. The molecule has 47 heavy (non-hydrogen) atoms. The number of aliphatic imine (C=N–C) groups is 2. The Hall–Kier alpha value is -5.27. The number of amidine groups is 1. The predicted molar refractivity (Wildman–Crippen MR) is 184 cm³/mol. The normalized spacial score (nSPS) is 12.7. The number of nitrogen functional groups attached to an aromatic ring is 1. The van der Waals surface area contributed by atoms with E-state index in [2.05, 4.69) is 20.6 Å². The van der Waals surface area contributed by atoms with Crippen molar-refractivity contribution in [1.82, 2.24) is 10.6 Å². The van der Waals surface area contributed by atoms with Crippen LogP contribution in [0.1, 0.15) is 63.1 Å². The zero-order valence-corrected chi connectivity index (χ0v) is 27.3. The maximum absolute atomic E-state index is 13.8. The molecule has 0 aliphatic carbocycles. The third-order valence-corrected chi connectivity index (χ3v) is 7.45. The Kier molecular flexibility index (Phi) is 15.0. The van der Waals surface area contributed by atoms with Crippen molar-refractivity contribution < 1.29 is 19.2 Å². The molecule has 0 fully saturated rings. The van der Waals surface area contributed by atoms with Crippen molar-refractivity contribution in [1.29, 1.82) is 5.41 Å². The standard InChI is InChI=1S/C33H48N10O4/c1-19(2)28(43-31(47)24(15-20(3)44)5-4-14-40-32(36)37)27(45)17-25(16-21-8-12-26(13-9-21)42-33(38)39)30(46)41-18-22-6-10-23(11-7-22)29(34)35/h6-13,19,24-25,28H,4-5,14-18H2,1-3H3,(H3,34,35)(H,41,46)(H,43,47)(H4,36,37,40)(H4,38,39,42)/t24-,25-,28-/m0/s1. The molecule has 0 saturated heterocycles. The number of guanidine groups is 2. The van der Waals surface area contributed by atoms with E-state index in [4.69, 9.17) is 34.1 Å². The first-order valence-corrected chi connectivity index (χ1v) is 15.4. The molecule has 2 aromatic carbocycles. The smallest absolute Gasteiger partial charge is 0.224 e. The van der Waals surface area contributed by atoms with Crippen LogP contribution in [0, 0.1) is 23.2 Å². The molecule has 3 atom stereocenters. The number of amides is 2. The van der Waals surface area contributed by atoms with E-state index in [1.807, 2.05) is 13.8 Å². The Morgan fingerprint density at radius 1 is 0.809 bits per heavy atom. The number of nitrogens with zero attached hydrogens (tertiary/aromatic N) is 2. The number of hydrogen-bond donors (Lipinski definition) is 8. The maximum Gasteiger partial charge on any atom is 0.224 e. The lowest BCUT2D eigenvalue weighted by Gasteiger charge is -2.26. The number of nitrogens with two attached hydrogens (primary N) is 5. The van der Waals surface area contributed by atoms with E-state index in [0.29, 0.717) is 30.6 Å². The summed E-state index contributed by atoms with van der Waals surface area (Å²) in [5.41, 5.74) is 29.9. The third kappa shape index (κ3) is 13.7. The molecule has 0 bridgehead atoms. The van der Waals surface area contributed by atoms with Gasteiger partial charge in [0.1, 0.15) is 11.6 Å². The molecule has 0 aliphatic rings. The monoisotopic (exact) mass is 648 g/mol. The predicted octanol–water partition coefficient (Wildman–Crippen LogP) is 1.10. The van der Waals surface area contributed by atoms with Crippen LogP contribution in [-0.2, 0) is 32.1 Å². The highest BCUT2D eigenvalue weighted by Crippen LogP contribution is 2.21. The van der Waals surface area contributed by atoms with Crippen LogP contribution >= 0.6 is 0 Å². The van der Waals surface area contributed by atoms with E-state index < -0.39 is 23.8 Å². The van der Waals surface area contributed by atoms with Gasteiger partial charge in [-0.05, 0) is 55.4 Å². The summed E-state index contributed by atoms with van der Waals surface area (Å²) >= 11 is 0. The van der Waals surface area contributed by atoms with Gasteiger partial charge in [-0.2, -0.15) is 0 Å². The van der Waals surface area contributed by atoms with Crippen LogP contribution in [0.25, 0.3) is 0 Å². The Bertz CT molecular complexity index is 1440. The molecule has 0 radical (unpaired) electrons. The topological polar surface area (TPSA) is 271 Å². The minimum atomic E-state index is -0.881. The highest BCUT2D eigenvalue weighted by molar-refractivity contribution is 5.95. The van der Waals surface area contributed by atoms with Gasteiger partial charge in [0.05, 0.1) is 11.7 Å². The average molecular weight is 649 g/mol. The van der Waals surface area contributed by atoms with Gasteiger partial charge in [0.2, 0.25) is 11.8 Å². The molecule has 0 aliphatic heterocycles. The van der Waals surface area contributed by atoms with Gasteiger partial charge in [0.25, 0.3) is 0 Å². The van der Waals surface area contributed by atoms with Gasteiger partial charge >= 0.3 is 0 Å². The van der Waals surface area contributed by atoms with Crippen molar-refractivity contribution in [3.63, 3.8) is 0 Å². The van der Waals surface area contributed by atoms with Crippen molar-refractivity contribution in [2.45, 2.75) is 65.5 Å². The molecule has 0 saturated carbocycles. The molecule has 0 spiro atoms. The maximum atomic E-state index is 13.8. The molecule has 2 rings (SSSR count). The second kappa shape index (κ2) is 18.6. The summed E-state index contributed by atoms with van der Waals surface area (Å²) in [5.74, 6) is -3.13. The molecule has 254 valence electrons. The molecule has 14 nitrogen and oxygen atoms in total. The number of rotatable bonds is 19. The van der Waals surface area contributed by atoms with Gasteiger partial charge in [-0.1, -0.05) is 50.2 Å². The zero-order chi connectivity index (χ0) is 35.1. The largest absolute Gasteiger partial charge is 0.384 e. The quantitative estimate of drug-likeness (QED) is 0.0614. The fourth-order valence-corrected chi connectivity index (χ4v) is 5.01. The van der Waals surface area contributed by atoms with Crippen LogP contribution in [0.5, 0.6) is 0 Å². The van der Waals surface area contributed by atoms with E-state index in [-0.39, 0.29) is 67.0 Å². The van der Waals surface area contributed by atoms with E-state index in [0.717, 1.165) is 11.1 Å². The van der Waals surface area contributed by atoms with E-state index in [9.17, 15) is 19.2 Å². The highest BCUT2D eigenvalue weighted by atomic mass is 16.2. The molecule has 2 amide bonds. The molecule has 14 heteroatoms. The van der Waals surface area contributed by atoms with Crippen molar-refractivity contribution in [3.05, 3.63) is 65.2 Å². The summed E-state index contributed by atoms with van der Waals surface area (Å²) in [7, 11) is 0. The second-order valence-corrected chi connectivity index (χ2v) is 11.9. The molecular weight excluding hydrogens is 600 g/mol. The van der Waals surface area contributed by atoms with Crippen molar-refractivity contribution in [2.75, 3.05) is 6.54 Å². The summed E-state index contributed by atoms with van der Waals surface area (Å²) in [5, 5.41) is 13.3. The van der Waals surface area contributed by atoms with Crippen molar-refractivity contribution >= 4 is 46.8 Å². The number of nitrogens with one attached hydrogen (secondary N) is 3. The number of carbonyl (C=O) groups is 4. The number of carbonyl (C=O) groups excluding carboxylic acids is 4. The lowest BCUT2D eigenvalue weighted by atomic mass is 9.87. The first-order chi connectivity index (χ1) is 22.2. The van der Waals surface area contributed by atoms with E-state index >= 15 is 0 Å². The summed E-state index contributed by atoms with van der Waals surface area (Å²) in [6, 6.07) is 13.0. The molecule has 0 aromatic heterocycles. The highest BCUT2D eigenvalue weighted by Gasteiger charge is 2.31. The molecule has 2 aromatic rings. The van der Waals surface area contributed by atoms with Crippen molar-refractivity contribution in [3.8, 4) is 0 Å². The minimum Gasteiger partial charge on any atom is -0.384 e. The minimum absolute atomic E-state index is 0.0148. The SMILES string of the molecule is CC(=O)C[C@H](CCCN=C(N)N)C(=O)N[C@H](C(=O)C[C@H](Cc1ccc(N=C(N)N)cc1)C(=O)NCc1ccc(C(=N)N)cc1)C(C)C. The molecule has 0 unspecified atom stereocenters. The Balaban J connectivity index is 2.25. The van der Waals surface area contributed by atoms with Crippen LogP contribution in [-0.4, -0.2) is 53.7 Å². The first-order valence-electron chi connectivity index (χ1n) is 15.4.